The van der Waals surface area contributed by atoms with Crippen molar-refractivity contribution in [1.82, 2.24) is 4.90 Å². The van der Waals surface area contributed by atoms with Crippen LogP contribution in [0, 0.1) is 0 Å². The van der Waals surface area contributed by atoms with Crippen LogP contribution in [0.4, 0.5) is 21.9 Å². The molecule has 13 nitrogen and oxygen atoms in total. The lowest BCUT2D eigenvalue weighted by atomic mass is 9.95. The van der Waals surface area contributed by atoms with Crippen molar-refractivity contribution in [3.05, 3.63) is 119 Å². The van der Waals surface area contributed by atoms with Crippen LogP contribution in [0.1, 0.15) is 77.1 Å². The van der Waals surface area contributed by atoms with E-state index >= 15 is 0 Å². The van der Waals surface area contributed by atoms with E-state index in [1.165, 1.54) is 7.11 Å². The molecule has 2 unspecified atom stereocenters. The zero-order valence-electron chi connectivity index (χ0n) is 35.2. The second-order valence-corrected chi connectivity index (χ2v) is 16.9. The molecule has 0 aliphatic carbocycles. The third kappa shape index (κ3) is 8.57. The smallest absolute Gasteiger partial charge is 0.414 e. The summed E-state index contributed by atoms with van der Waals surface area (Å²) in [5.41, 5.74) is 11.3. The van der Waals surface area contributed by atoms with Crippen molar-refractivity contribution in [3.8, 4) is 17.2 Å². The number of alkyl halides is 1. The number of hydrogen-bond acceptors (Lipinski definition) is 9. The number of carbonyl (C=O) groups is 3. The molecular weight excluding hydrogens is 824 g/mol. The lowest BCUT2D eigenvalue weighted by Gasteiger charge is -2.42. The van der Waals surface area contributed by atoms with E-state index in [4.69, 9.17) is 41.0 Å². The average molecular weight is 875 g/mol. The lowest BCUT2D eigenvalue weighted by Crippen LogP contribution is -2.57. The van der Waals surface area contributed by atoms with Gasteiger partial charge in [0.05, 0.1) is 36.5 Å². The van der Waals surface area contributed by atoms with Gasteiger partial charge in [0.2, 0.25) is 5.91 Å². The number of benzene rings is 5. The summed E-state index contributed by atoms with van der Waals surface area (Å²) in [4.78, 5) is 46.4. The normalized spacial score (nSPS) is 20.7. The number of rotatable bonds is 12. The predicted molar refractivity (Wildman–Crippen MR) is 240 cm³/mol. The largest absolute Gasteiger partial charge is 0.493 e. The fourth-order valence-corrected chi connectivity index (χ4v) is 9.68. The van der Waals surface area contributed by atoms with Gasteiger partial charge >= 0.3 is 6.09 Å². The van der Waals surface area contributed by atoms with E-state index in [1.807, 2.05) is 77.7 Å². The first kappa shape index (κ1) is 42.3. The Morgan fingerprint density at radius 1 is 0.825 bits per heavy atom. The first-order chi connectivity index (χ1) is 30.7. The summed E-state index contributed by atoms with van der Waals surface area (Å²) in [6.45, 7) is 1.86. The molecule has 63 heavy (non-hydrogen) atoms. The minimum Gasteiger partial charge on any atom is -0.493 e. The molecule has 4 atom stereocenters. The first-order valence-corrected chi connectivity index (χ1v) is 22.2. The van der Waals surface area contributed by atoms with Crippen molar-refractivity contribution in [1.29, 1.82) is 0 Å². The number of carboxylic acid groups (broad SMARTS) is 1. The lowest BCUT2D eigenvalue weighted by molar-refractivity contribution is -0.198. The van der Waals surface area contributed by atoms with Crippen LogP contribution in [0.3, 0.4) is 0 Å². The Balaban J connectivity index is 0.958. The second kappa shape index (κ2) is 18.4. The van der Waals surface area contributed by atoms with Gasteiger partial charge in [0, 0.05) is 54.7 Å². The number of methoxy groups -OCH3 is 1. The van der Waals surface area contributed by atoms with Crippen LogP contribution in [0.2, 0.25) is 0 Å². The Bertz CT molecular complexity index is 2510. The van der Waals surface area contributed by atoms with Gasteiger partial charge in [-0.2, -0.15) is 0 Å². The number of nitrogens with zero attached hydrogens (tertiary/aromatic N) is 3. The molecule has 0 saturated carbocycles. The summed E-state index contributed by atoms with van der Waals surface area (Å²) in [7, 11) is 1.48. The maximum atomic E-state index is 14.3. The van der Waals surface area contributed by atoms with E-state index < -0.39 is 24.7 Å². The van der Waals surface area contributed by atoms with Crippen molar-refractivity contribution in [3.63, 3.8) is 0 Å². The molecule has 3 N–H and O–H groups in total. The fourth-order valence-electron chi connectivity index (χ4n) is 9.43. The Hall–Kier alpha value is -6.02. The molecule has 2 saturated heterocycles. The highest BCUT2D eigenvalue weighted by Gasteiger charge is 2.46. The molecule has 4 heterocycles. The summed E-state index contributed by atoms with van der Waals surface area (Å²) >= 11 is 6.58. The van der Waals surface area contributed by atoms with Crippen LogP contribution in [0.25, 0.3) is 10.8 Å². The average Bonchev–Trinajstić information content (AvgIpc) is 3.65. The number of hydrogen-bond donors (Lipinski definition) is 2. The first-order valence-electron chi connectivity index (χ1n) is 21.6. The molecule has 5 aromatic rings. The summed E-state index contributed by atoms with van der Waals surface area (Å²) in [6.07, 6.45) is 1.99. The Labute approximate surface area is 371 Å². The molecular formula is C49H51ClN4O9. The highest BCUT2D eigenvalue weighted by Crippen LogP contribution is 2.46. The highest BCUT2D eigenvalue weighted by molar-refractivity contribution is 6.19. The molecule has 5 aromatic carbocycles. The van der Waals surface area contributed by atoms with Crippen LogP contribution >= 0.6 is 11.6 Å². The zero-order valence-corrected chi connectivity index (χ0v) is 35.9. The Morgan fingerprint density at radius 2 is 1.57 bits per heavy atom. The zero-order chi connectivity index (χ0) is 43.6. The number of anilines is 3. The summed E-state index contributed by atoms with van der Waals surface area (Å²) in [5.74, 6) is 1.14. The third-order valence-corrected chi connectivity index (χ3v) is 12.9. The third-order valence-electron chi connectivity index (χ3n) is 12.5. The van der Waals surface area contributed by atoms with Crippen molar-refractivity contribution in [2.75, 3.05) is 48.2 Å². The van der Waals surface area contributed by atoms with Crippen LogP contribution in [-0.4, -0.2) is 79.2 Å². The van der Waals surface area contributed by atoms with E-state index in [9.17, 15) is 19.5 Å². The molecule has 9 rings (SSSR count). The number of ether oxygens (including phenoxy) is 5. The molecule has 328 valence electrons. The fraction of sp³-hybridized carbons (Fsp3) is 0.367. The highest BCUT2D eigenvalue weighted by atomic mass is 35.5. The van der Waals surface area contributed by atoms with Gasteiger partial charge in [-0.15, -0.1) is 11.6 Å². The van der Waals surface area contributed by atoms with Crippen molar-refractivity contribution >= 4 is 57.3 Å². The summed E-state index contributed by atoms with van der Waals surface area (Å²) in [6, 6.07) is 27.8. The number of nitrogen functional groups attached to an aromatic ring is 1. The number of nitrogens with two attached hydrogens (primary N) is 1. The number of halogens is 1. The van der Waals surface area contributed by atoms with E-state index in [0.717, 1.165) is 69.3 Å². The second-order valence-electron chi connectivity index (χ2n) is 16.6. The van der Waals surface area contributed by atoms with Gasteiger partial charge in [0.25, 0.3) is 5.91 Å². The van der Waals surface area contributed by atoms with Crippen LogP contribution in [0.5, 0.6) is 17.2 Å². The molecule has 0 radical (unpaired) electrons. The van der Waals surface area contributed by atoms with Gasteiger partial charge < -0.3 is 44.3 Å². The van der Waals surface area contributed by atoms with Gasteiger partial charge in [-0.25, -0.2) is 9.69 Å². The van der Waals surface area contributed by atoms with Gasteiger partial charge in [0.15, 0.2) is 24.0 Å². The monoisotopic (exact) mass is 874 g/mol. The van der Waals surface area contributed by atoms with Crippen LogP contribution < -0.4 is 29.7 Å². The topological polar surface area (TPSA) is 153 Å². The molecule has 4 aliphatic heterocycles. The predicted octanol–water partition coefficient (Wildman–Crippen LogP) is 8.86. The maximum absolute atomic E-state index is 14.3. The Morgan fingerprint density at radius 3 is 2.33 bits per heavy atom. The maximum Gasteiger partial charge on any atom is 0.414 e. The van der Waals surface area contributed by atoms with Crippen molar-refractivity contribution in [2.45, 2.75) is 82.6 Å². The van der Waals surface area contributed by atoms with Crippen LogP contribution in [0.15, 0.2) is 91.0 Å². The van der Waals surface area contributed by atoms with Gasteiger partial charge in [-0.05, 0) is 84.4 Å². The number of fused-ring (bicyclic) bond motifs is 5. The number of amides is 3. The molecule has 0 spiro atoms. The molecule has 0 aromatic heterocycles. The minimum absolute atomic E-state index is 0.0617. The van der Waals surface area contributed by atoms with Crippen molar-refractivity contribution < 1.29 is 43.2 Å². The molecule has 2 fully saturated rings. The van der Waals surface area contributed by atoms with Gasteiger partial charge in [-0.1, -0.05) is 60.7 Å². The molecule has 3 amide bonds. The van der Waals surface area contributed by atoms with Gasteiger partial charge in [-0.3, -0.25) is 9.59 Å². The van der Waals surface area contributed by atoms with E-state index in [0.29, 0.717) is 56.5 Å². The Kier molecular flexibility index (Phi) is 12.3. The molecule has 14 heteroatoms. The van der Waals surface area contributed by atoms with E-state index in [1.54, 1.807) is 17.0 Å². The van der Waals surface area contributed by atoms with Crippen LogP contribution in [-0.2, 0) is 33.9 Å². The quantitative estimate of drug-likeness (QED) is 0.0918. The van der Waals surface area contributed by atoms with Gasteiger partial charge in [0.1, 0.15) is 19.0 Å². The standard InChI is InChI=1S/C49H51ClN4O9/c1-59-42-23-37-39(54(49(57)58)48(63-45-14-5-7-20-60-45)38-13-4-6-19-52(38)47(37)56)24-43(42)62-29-32-10-8-9-31(21-32)22-44(55)53-27-33(26-50)46-36-12-3-2-11-35(36)41(25-40(46)53)61-28-30-15-17-34(51)18-16-30/h2-3,8-12,15-18,21,23-25,33,38,45,48H,4-7,13-14,19-20,22,26-29,51H2,1H3,(H,57,58)/t33-,38+,45?,48?/m1/s1. The number of piperidine rings is 1. The van der Waals surface area contributed by atoms with Crippen molar-refractivity contribution in [2.24, 2.45) is 0 Å². The minimum atomic E-state index is -1.25. The van der Waals surface area contributed by atoms with E-state index in [-0.39, 0.29) is 53.5 Å². The SMILES string of the molecule is COc1cc2c(cc1OCc1cccc(CC(=O)N3C[C@@H](CCl)c4c3cc(OCc3ccc(N)cc3)c3ccccc43)c1)N(C(=O)O)C(OC1CCCCO1)[C@@H]1CCCCN1C2=O. The summed E-state index contributed by atoms with van der Waals surface area (Å²) < 4.78 is 30.9. The van der Waals surface area contributed by atoms with E-state index in [2.05, 4.69) is 6.07 Å². The summed E-state index contributed by atoms with van der Waals surface area (Å²) in [5, 5.41) is 12.7. The molecule has 4 aliphatic rings. The molecule has 0 bridgehead atoms. The number of carbonyl (C=O) groups excluding carboxylic acids is 2.